The van der Waals surface area contributed by atoms with Gasteiger partial charge in [-0.2, -0.15) is 0 Å². The zero-order valence-electron chi connectivity index (χ0n) is 11.5. The van der Waals surface area contributed by atoms with Crippen molar-refractivity contribution < 1.29 is 34.3 Å². The number of hydrogen-bond acceptors (Lipinski definition) is 6. The third-order valence-corrected chi connectivity index (χ3v) is 3.50. The van der Waals surface area contributed by atoms with Crippen LogP contribution in [-0.4, -0.2) is 58.1 Å². The molecule has 1 aliphatic rings. The van der Waals surface area contributed by atoms with Crippen LogP contribution in [0.1, 0.15) is 17.4 Å². The van der Waals surface area contributed by atoms with Crippen molar-refractivity contribution in [2.45, 2.75) is 37.6 Å². The van der Waals surface area contributed by atoms with Crippen molar-refractivity contribution in [2.75, 3.05) is 13.2 Å². The summed E-state index contributed by atoms with van der Waals surface area (Å²) in [5.74, 6) is -0.375. The fourth-order valence-corrected chi connectivity index (χ4v) is 2.25. The van der Waals surface area contributed by atoms with Gasteiger partial charge in [-0.15, -0.1) is 0 Å². The van der Waals surface area contributed by atoms with Gasteiger partial charge in [0.15, 0.2) is 6.29 Å². The Balaban J connectivity index is 2.24. The van der Waals surface area contributed by atoms with E-state index in [1.165, 1.54) is 18.2 Å². The highest BCUT2D eigenvalue weighted by molar-refractivity contribution is 5.25. The molecule has 0 aromatic heterocycles. The molecule has 7 heteroatoms. The number of aryl methyl sites for hydroxylation is 1. The molecule has 2 rings (SSSR count). The lowest BCUT2D eigenvalue weighted by atomic mass is 10.0. The highest BCUT2D eigenvalue weighted by Gasteiger charge is 2.42. The predicted molar refractivity (Wildman–Crippen MR) is 69.8 cm³/mol. The highest BCUT2D eigenvalue weighted by Crippen LogP contribution is 2.32. The van der Waals surface area contributed by atoms with Crippen LogP contribution in [0.4, 0.5) is 4.39 Å². The summed E-state index contributed by atoms with van der Waals surface area (Å²) in [5, 5.41) is 37.9. The molecule has 0 aliphatic carbocycles. The standard InChI is InChI=1S/C14H19FO6/c1-7-4-8(2-3-9(7)15)14-20-11(6-17)12(19)13(21-14)10(18)5-16/h2-4,10-14,16-19H,5-6H2,1H3/t10-,11+,12-,13?,14?/m1/s1. The van der Waals surface area contributed by atoms with Crippen molar-refractivity contribution in [1.82, 2.24) is 0 Å². The minimum Gasteiger partial charge on any atom is -0.394 e. The summed E-state index contributed by atoms with van der Waals surface area (Å²) in [6.07, 6.45) is -5.66. The van der Waals surface area contributed by atoms with E-state index < -0.39 is 43.9 Å². The Morgan fingerprint density at radius 3 is 2.57 bits per heavy atom. The summed E-state index contributed by atoms with van der Waals surface area (Å²) in [6.45, 7) is 0.505. The summed E-state index contributed by atoms with van der Waals surface area (Å²) in [6, 6.07) is 4.24. The average molecular weight is 302 g/mol. The number of halogens is 1. The van der Waals surface area contributed by atoms with E-state index >= 15 is 0 Å². The SMILES string of the molecule is Cc1cc(C2OC([C@H](O)CO)[C@H](O)[C@H](CO)O2)ccc1F. The molecule has 1 heterocycles. The third kappa shape index (κ3) is 3.39. The number of aliphatic hydroxyl groups excluding tert-OH is 4. The second kappa shape index (κ2) is 6.78. The zero-order chi connectivity index (χ0) is 15.6. The van der Waals surface area contributed by atoms with Crippen LogP contribution in [0, 0.1) is 12.7 Å². The van der Waals surface area contributed by atoms with Crippen LogP contribution in [0.5, 0.6) is 0 Å². The van der Waals surface area contributed by atoms with E-state index in [0.29, 0.717) is 11.1 Å². The molecule has 0 spiro atoms. The second-order valence-electron chi connectivity index (χ2n) is 5.04. The van der Waals surface area contributed by atoms with E-state index in [4.69, 9.17) is 14.6 Å². The first kappa shape index (κ1) is 16.3. The number of benzene rings is 1. The minimum absolute atomic E-state index is 0.375. The van der Waals surface area contributed by atoms with Gasteiger partial charge >= 0.3 is 0 Å². The first-order valence-corrected chi connectivity index (χ1v) is 6.62. The number of hydrogen-bond donors (Lipinski definition) is 4. The maximum atomic E-state index is 13.3. The molecular formula is C14H19FO6. The largest absolute Gasteiger partial charge is 0.394 e. The van der Waals surface area contributed by atoms with Crippen molar-refractivity contribution in [2.24, 2.45) is 0 Å². The van der Waals surface area contributed by atoms with Gasteiger partial charge in [0.05, 0.1) is 13.2 Å². The van der Waals surface area contributed by atoms with Crippen molar-refractivity contribution in [3.63, 3.8) is 0 Å². The van der Waals surface area contributed by atoms with Gasteiger partial charge in [-0.05, 0) is 24.6 Å². The monoisotopic (exact) mass is 302 g/mol. The molecule has 1 aromatic rings. The lowest BCUT2D eigenvalue weighted by Crippen LogP contribution is -2.54. The molecule has 0 saturated carbocycles. The van der Waals surface area contributed by atoms with Gasteiger partial charge in [-0.25, -0.2) is 4.39 Å². The van der Waals surface area contributed by atoms with E-state index in [2.05, 4.69) is 0 Å². The van der Waals surface area contributed by atoms with Crippen LogP contribution < -0.4 is 0 Å². The molecule has 4 N–H and O–H groups in total. The Hall–Kier alpha value is -1.09. The Morgan fingerprint density at radius 2 is 2.00 bits per heavy atom. The lowest BCUT2D eigenvalue weighted by molar-refractivity contribution is -0.310. The molecular weight excluding hydrogens is 283 g/mol. The van der Waals surface area contributed by atoms with Crippen LogP contribution >= 0.6 is 0 Å². The van der Waals surface area contributed by atoms with E-state index in [-0.39, 0.29) is 5.82 Å². The molecule has 21 heavy (non-hydrogen) atoms. The maximum absolute atomic E-state index is 13.3. The fourth-order valence-electron chi connectivity index (χ4n) is 2.25. The van der Waals surface area contributed by atoms with Crippen molar-refractivity contribution in [3.05, 3.63) is 35.1 Å². The Morgan fingerprint density at radius 1 is 1.29 bits per heavy atom. The lowest BCUT2D eigenvalue weighted by Gasteiger charge is -2.40. The van der Waals surface area contributed by atoms with Crippen LogP contribution in [-0.2, 0) is 9.47 Å². The minimum atomic E-state index is -1.32. The fraction of sp³-hybridized carbons (Fsp3) is 0.571. The Bertz CT molecular complexity index is 483. The van der Waals surface area contributed by atoms with E-state index in [1.54, 1.807) is 6.92 Å². The molecule has 0 radical (unpaired) electrons. The molecule has 0 bridgehead atoms. The quantitative estimate of drug-likeness (QED) is 0.605. The molecule has 1 fully saturated rings. The summed E-state index contributed by atoms with van der Waals surface area (Å²) in [4.78, 5) is 0. The summed E-state index contributed by atoms with van der Waals surface area (Å²) in [5.41, 5.74) is 0.889. The molecule has 118 valence electrons. The van der Waals surface area contributed by atoms with E-state index in [9.17, 15) is 19.7 Å². The van der Waals surface area contributed by atoms with Crippen molar-refractivity contribution in [1.29, 1.82) is 0 Å². The van der Waals surface area contributed by atoms with Gasteiger partial charge in [0, 0.05) is 5.56 Å². The molecule has 2 unspecified atom stereocenters. The molecule has 1 aromatic carbocycles. The van der Waals surface area contributed by atoms with Gasteiger partial charge in [-0.3, -0.25) is 0 Å². The van der Waals surface area contributed by atoms with Gasteiger partial charge in [0.2, 0.25) is 0 Å². The Kier molecular flexibility index (Phi) is 5.26. The highest BCUT2D eigenvalue weighted by atomic mass is 19.1. The van der Waals surface area contributed by atoms with Crippen LogP contribution in [0.25, 0.3) is 0 Å². The summed E-state index contributed by atoms with van der Waals surface area (Å²) < 4.78 is 24.2. The number of rotatable bonds is 4. The van der Waals surface area contributed by atoms with Crippen molar-refractivity contribution >= 4 is 0 Å². The smallest absolute Gasteiger partial charge is 0.184 e. The van der Waals surface area contributed by atoms with Crippen molar-refractivity contribution in [3.8, 4) is 0 Å². The molecule has 1 aliphatic heterocycles. The van der Waals surface area contributed by atoms with Gasteiger partial charge in [0.25, 0.3) is 0 Å². The molecule has 5 atom stereocenters. The second-order valence-corrected chi connectivity index (χ2v) is 5.04. The van der Waals surface area contributed by atoms with Crippen LogP contribution in [0.3, 0.4) is 0 Å². The molecule has 0 amide bonds. The van der Waals surface area contributed by atoms with Gasteiger partial charge < -0.3 is 29.9 Å². The molecule has 6 nitrogen and oxygen atoms in total. The number of aliphatic hydroxyl groups is 4. The van der Waals surface area contributed by atoms with Gasteiger partial charge in [0.1, 0.15) is 30.2 Å². The average Bonchev–Trinajstić information content (AvgIpc) is 2.49. The van der Waals surface area contributed by atoms with Gasteiger partial charge in [-0.1, -0.05) is 6.07 Å². The Labute approximate surface area is 121 Å². The van der Waals surface area contributed by atoms with E-state index in [0.717, 1.165) is 0 Å². The predicted octanol–water partition coefficient (Wildman–Crippen LogP) is -0.377. The molecule has 1 saturated heterocycles. The van der Waals surface area contributed by atoms with Crippen LogP contribution in [0.15, 0.2) is 18.2 Å². The van der Waals surface area contributed by atoms with Crippen LogP contribution in [0.2, 0.25) is 0 Å². The zero-order valence-corrected chi connectivity index (χ0v) is 11.5. The summed E-state index contributed by atoms with van der Waals surface area (Å²) in [7, 11) is 0. The first-order valence-electron chi connectivity index (χ1n) is 6.62. The topological polar surface area (TPSA) is 99.4 Å². The normalized spacial score (nSPS) is 31.1. The number of ether oxygens (including phenoxy) is 2. The summed E-state index contributed by atoms with van der Waals surface area (Å²) >= 11 is 0. The first-order chi connectivity index (χ1) is 9.97. The van der Waals surface area contributed by atoms with E-state index in [1.807, 2.05) is 0 Å². The maximum Gasteiger partial charge on any atom is 0.184 e. The third-order valence-electron chi connectivity index (χ3n) is 3.50.